The van der Waals surface area contributed by atoms with Crippen LogP contribution >= 0.6 is 39.0 Å². The summed E-state index contributed by atoms with van der Waals surface area (Å²) in [5.41, 5.74) is -0.617. The van der Waals surface area contributed by atoms with Crippen molar-refractivity contribution in [1.29, 1.82) is 0 Å². The number of thiophene rings is 1. The van der Waals surface area contributed by atoms with Gasteiger partial charge >= 0.3 is 0 Å². The standard InChI is InChI=1S/C10H16BrNOS2/c1-10(13,7-14-2)6-12-5-8-3-4-9(11)15-8/h3-4,12-13H,5-7H2,1-2H3. The Balaban J connectivity index is 2.27. The van der Waals surface area contributed by atoms with Crippen LogP contribution in [0, 0.1) is 0 Å². The summed E-state index contributed by atoms with van der Waals surface area (Å²) in [5.74, 6) is 0.758. The van der Waals surface area contributed by atoms with E-state index in [2.05, 4.69) is 27.3 Å². The van der Waals surface area contributed by atoms with Gasteiger partial charge in [0.1, 0.15) is 0 Å². The van der Waals surface area contributed by atoms with Gasteiger partial charge in [-0.3, -0.25) is 0 Å². The van der Waals surface area contributed by atoms with Crippen LogP contribution < -0.4 is 5.32 Å². The number of aliphatic hydroxyl groups is 1. The molecule has 0 saturated carbocycles. The number of thioether (sulfide) groups is 1. The van der Waals surface area contributed by atoms with Crippen LogP contribution in [0.2, 0.25) is 0 Å². The van der Waals surface area contributed by atoms with Crippen LogP contribution in [-0.2, 0) is 6.54 Å². The first-order chi connectivity index (χ1) is 7.03. The van der Waals surface area contributed by atoms with Gasteiger partial charge in [-0.2, -0.15) is 11.8 Å². The molecule has 0 fully saturated rings. The molecule has 0 aromatic carbocycles. The Labute approximate surface area is 108 Å². The summed E-state index contributed by atoms with van der Waals surface area (Å²) in [6.45, 7) is 3.31. The third kappa shape index (κ3) is 5.36. The molecule has 0 aliphatic carbocycles. The minimum atomic E-state index is -0.617. The van der Waals surface area contributed by atoms with Crippen molar-refractivity contribution < 1.29 is 5.11 Å². The summed E-state index contributed by atoms with van der Waals surface area (Å²) in [4.78, 5) is 1.28. The monoisotopic (exact) mass is 309 g/mol. The van der Waals surface area contributed by atoms with Gasteiger partial charge in [-0.05, 0) is 41.2 Å². The highest BCUT2D eigenvalue weighted by molar-refractivity contribution is 9.11. The van der Waals surface area contributed by atoms with Crippen molar-refractivity contribution in [3.63, 3.8) is 0 Å². The first-order valence-corrected chi connectivity index (χ1v) is 7.70. The predicted molar refractivity (Wildman–Crippen MR) is 72.7 cm³/mol. The predicted octanol–water partition coefficient (Wildman–Crippen LogP) is 2.71. The number of rotatable bonds is 6. The molecule has 1 atom stereocenters. The van der Waals surface area contributed by atoms with Gasteiger partial charge in [0.25, 0.3) is 0 Å². The molecule has 0 amide bonds. The average molecular weight is 310 g/mol. The third-order valence-corrected chi connectivity index (χ3v) is 4.42. The molecule has 0 saturated heterocycles. The molecule has 0 bridgehead atoms. The van der Waals surface area contributed by atoms with E-state index in [4.69, 9.17) is 0 Å². The molecular formula is C10H16BrNOS2. The summed E-state index contributed by atoms with van der Waals surface area (Å²) in [7, 11) is 0. The zero-order valence-electron chi connectivity index (χ0n) is 8.92. The van der Waals surface area contributed by atoms with Crippen LogP contribution in [0.4, 0.5) is 0 Å². The Hall–Kier alpha value is 0.450. The second kappa shape index (κ2) is 6.25. The minimum Gasteiger partial charge on any atom is -0.388 e. The molecule has 1 heterocycles. The van der Waals surface area contributed by atoms with Crippen LogP contribution in [0.25, 0.3) is 0 Å². The Bertz CT molecular complexity index is 301. The lowest BCUT2D eigenvalue weighted by molar-refractivity contribution is 0.0846. The zero-order valence-corrected chi connectivity index (χ0v) is 12.1. The van der Waals surface area contributed by atoms with E-state index >= 15 is 0 Å². The van der Waals surface area contributed by atoms with E-state index in [-0.39, 0.29) is 0 Å². The summed E-state index contributed by atoms with van der Waals surface area (Å²) in [6.07, 6.45) is 2.00. The molecule has 1 aromatic rings. The van der Waals surface area contributed by atoms with Gasteiger partial charge in [0.05, 0.1) is 9.39 Å². The van der Waals surface area contributed by atoms with Gasteiger partial charge in [-0.1, -0.05) is 0 Å². The van der Waals surface area contributed by atoms with Crippen molar-refractivity contribution in [2.45, 2.75) is 19.1 Å². The number of hydrogen-bond acceptors (Lipinski definition) is 4. The lowest BCUT2D eigenvalue weighted by Gasteiger charge is -2.22. The van der Waals surface area contributed by atoms with Crippen molar-refractivity contribution in [3.05, 3.63) is 20.8 Å². The van der Waals surface area contributed by atoms with E-state index < -0.39 is 5.60 Å². The normalized spacial score (nSPS) is 15.2. The van der Waals surface area contributed by atoms with E-state index in [0.717, 1.165) is 16.1 Å². The van der Waals surface area contributed by atoms with Gasteiger partial charge in [0.15, 0.2) is 0 Å². The summed E-state index contributed by atoms with van der Waals surface area (Å²) < 4.78 is 1.15. The molecule has 0 spiro atoms. The minimum absolute atomic E-state index is 0.617. The van der Waals surface area contributed by atoms with Gasteiger partial charge < -0.3 is 10.4 Å². The second-order valence-electron chi connectivity index (χ2n) is 3.74. The molecule has 0 radical (unpaired) electrons. The zero-order chi connectivity index (χ0) is 11.3. The highest BCUT2D eigenvalue weighted by Crippen LogP contribution is 2.21. The molecular weight excluding hydrogens is 294 g/mol. The SMILES string of the molecule is CSCC(C)(O)CNCc1ccc(Br)s1. The highest BCUT2D eigenvalue weighted by Gasteiger charge is 2.18. The Morgan fingerprint density at radius 2 is 2.33 bits per heavy atom. The smallest absolute Gasteiger partial charge is 0.0833 e. The fraction of sp³-hybridized carbons (Fsp3) is 0.600. The van der Waals surface area contributed by atoms with Crippen molar-refractivity contribution in [2.75, 3.05) is 18.6 Å². The molecule has 2 N–H and O–H groups in total. The first-order valence-electron chi connectivity index (χ1n) is 4.70. The van der Waals surface area contributed by atoms with Crippen molar-refractivity contribution >= 4 is 39.0 Å². The van der Waals surface area contributed by atoms with E-state index in [1.807, 2.05) is 19.2 Å². The van der Waals surface area contributed by atoms with Gasteiger partial charge in [-0.15, -0.1) is 11.3 Å². The maximum absolute atomic E-state index is 9.91. The fourth-order valence-electron chi connectivity index (χ4n) is 1.26. The van der Waals surface area contributed by atoms with Gasteiger partial charge in [0, 0.05) is 23.7 Å². The van der Waals surface area contributed by atoms with E-state index in [0.29, 0.717) is 6.54 Å². The first kappa shape index (κ1) is 13.5. The maximum atomic E-state index is 9.91. The van der Waals surface area contributed by atoms with Crippen LogP contribution in [0.5, 0.6) is 0 Å². The lowest BCUT2D eigenvalue weighted by atomic mass is 10.1. The third-order valence-electron chi connectivity index (χ3n) is 1.89. The van der Waals surface area contributed by atoms with E-state index in [1.54, 1.807) is 23.1 Å². The van der Waals surface area contributed by atoms with Crippen LogP contribution in [-0.4, -0.2) is 29.3 Å². The number of hydrogen-bond donors (Lipinski definition) is 2. The molecule has 2 nitrogen and oxygen atoms in total. The molecule has 15 heavy (non-hydrogen) atoms. The largest absolute Gasteiger partial charge is 0.388 e. The van der Waals surface area contributed by atoms with Crippen molar-refractivity contribution in [2.24, 2.45) is 0 Å². The van der Waals surface area contributed by atoms with E-state index in [9.17, 15) is 5.11 Å². The second-order valence-corrected chi connectivity index (χ2v) is 7.15. The number of nitrogens with one attached hydrogen (secondary N) is 1. The Morgan fingerprint density at radius 1 is 1.60 bits per heavy atom. The van der Waals surface area contributed by atoms with Crippen LogP contribution in [0.15, 0.2) is 15.9 Å². The Kier molecular flexibility index (Phi) is 5.63. The average Bonchev–Trinajstić information content (AvgIpc) is 2.51. The summed E-state index contributed by atoms with van der Waals surface area (Å²) in [5, 5.41) is 13.2. The Morgan fingerprint density at radius 3 is 2.87 bits per heavy atom. The number of halogens is 1. The quantitative estimate of drug-likeness (QED) is 0.847. The fourth-order valence-corrected chi connectivity index (χ4v) is 3.44. The molecule has 1 unspecified atom stereocenters. The molecule has 86 valence electrons. The molecule has 0 aliphatic heterocycles. The molecule has 0 aliphatic rings. The van der Waals surface area contributed by atoms with Crippen molar-refractivity contribution in [3.8, 4) is 0 Å². The van der Waals surface area contributed by atoms with Crippen molar-refractivity contribution in [1.82, 2.24) is 5.32 Å². The van der Waals surface area contributed by atoms with Crippen LogP contribution in [0.1, 0.15) is 11.8 Å². The maximum Gasteiger partial charge on any atom is 0.0833 e. The molecule has 5 heteroatoms. The van der Waals surface area contributed by atoms with Crippen LogP contribution in [0.3, 0.4) is 0 Å². The summed E-state index contributed by atoms with van der Waals surface area (Å²) in [6, 6.07) is 4.13. The van der Waals surface area contributed by atoms with E-state index in [1.165, 1.54) is 4.88 Å². The summed E-state index contributed by atoms with van der Waals surface area (Å²) >= 11 is 6.81. The molecule has 1 aromatic heterocycles. The van der Waals surface area contributed by atoms with Gasteiger partial charge in [0.2, 0.25) is 0 Å². The highest BCUT2D eigenvalue weighted by atomic mass is 79.9. The lowest BCUT2D eigenvalue weighted by Crippen LogP contribution is -2.39. The van der Waals surface area contributed by atoms with Gasteiger partial charge in [-0.25, -0.2) is 0 Å². The topological polar surface area (TPSA) is 32.3 Å². The molecule has 1 rings (SSSR count).